The third-order valence-corrected chi connectivity index (χ3v) is 5.18. The van der Waals surface area contributed by atoms with Crippen molar-refractivity contribution < 1.29 is 24.1 Å². The van der Waals surface area contributed by atoms with Crippen molar-refractivity contribution in [2.75, 3.05) is 52.6 Å². The highest BCUT2D eigenvalue weighted by atomic mass is 16.6. The number of nitrogens with zero attached hydrogens (tertiary/aromatic N) is 2. The largest absolute Gasteiger partial charge is 0.486 e. The number of ether oxygens (including phenoxy) is 3. The van der Waals surface area contributed by atoms with Crippen molar-refractivity contribution in [1.82, 2.24) is 9.80 Å². The van der Waals surface area contributed by atoms with Crippen molar-refractivity contribution >= 4 is 5.91 Å². The smallest absolute Gasteiger partial charge is 0.254 e. The molecule has 7 nitrogen and oxygen atoms in total. The molecule has 1 aromatic rings. The molecule has 0 radical (unpaired) electrons. The van der Waals surface area contributed by atoms with Crippen LogP contribution in [0.2, 0.25) is 0 Å². The third kappa shape index (κ3) is 3.19. The monoisotopic (exact) mass is 348 g/mol. The molecular weight excluding hydrogens is 324 g/mol. The van der Waals surface area contributed by atoms with Crippen LogP contribution in [0, 0.1) is 6.92 Å². The maximum Gasteiger partial charge on any atom is 0.254 e. The molecule has 0 aliphatic carbocycles. The average Bonchev–Trinajstić information content (AvgIpc) is 3.03. The molecule has 136 valence electrons. The minimum Gasteiger partial charge on any atom is -0.486 e. The summed E-state index contributed by atoms with van der Waals surface area (Å²) >= 11 is 0. The molecule has 3 aliphatic heterocycles. The Hall–Kier alpha value is -1.83. The maximum absolute atomic E-state index is 13.0. The van der Waals surface area contributed by atoms with Gasteiger partial charge >= 0.3 is 0 Å². The number of fused-ring (bicyclic) bond motifs is 1. The van der Waals surface area contributed by atoms with Gasteiger partial charge in [0.25, 0.3) is 5.91 Å². The molecule has 4 rings (SSSR count). The summed E-state index contributed by atoms with van der Waals surface area (Å²) in [5.74, 6) is 1.24. The lowest BCUT2D eigenvalue weighted by atomic mass is 10.1. The lowest BCUT2D eigenvalue weighted by molar-refractivity contribution is -0.00611. The zero-order valence-electron chi connectivity index (χ0n) is 14.4. The predicted molar refractivity (Wildman–Crippen MR) is 90.3 cm³/mol. The highest BCUT2D eigenvalue weighted by Gasteiger charge is 2.38. The summed E-state index contributed by atoms with van der Waals surface area (Å²) in [6.45, 7) is 6.76. The standard InChI is InChI=1S/C18H24N2O5/c1-12-8-16-17(25-7-6-24-16)9-13(12)18(22)20-10-14(15(21)11-20)19-2-4-23-5-3-19/h8-9,14-15,21H,2-7,10-11H2,1H3. The Morgan fingerprint density at radius 1 is 1.08 bits per heavy atom. The van der Waals surface area contributed by atoms with Crippen molar-refractivity contribution in [3.05, 3.63) is 23.3 Å². The lowest BCUT2D eigenvalue weighted by Crippen LogP contribution is -2.49. The van der Waals surface area contributed by atoms with E-state index in [4.69, 9.17) is 14.2 Å². The van der Waals surface area contributed by atoms with Gasteiger partial charge in [-0.15, -0.1) is 0 Å². The molecule has 0 spiro atoms. The van der Waals surface area contributed by atoms with Crippen LogP contribution in [0.1, 0.15) is 15.9 Å². The topological polar surface area (TPSA) is 71.5 Å². The zero-order valence-corrected chi connectivity index (χ0v) is 14.4. The Morgan fingerprint density at radius 2 is 1.76 bits per heavy atom. The number of benzene rings is 1. The quantitative estimate of drug-likeness (QED) is 0.828. The van der Waals surface area contributed by atoms with E-state index in [2.05, 4.69) is 4.90 Å². The molecule has 2 fully saturated rings. The van der Waals surface area contributed by atoms with E-state index in [0.29, 0.717) is 56.6 Å². The molecule has 1 amide bonds. The van der Waals surface area contributed by atoms with Crippen LogP contribution in [-0.2, 0) is 4.74 Å². The van der Waals surface area contributed by atoms with Gasteiger partial charge in [0.1, 0.15) is 13.2 Å². The third-order valence-electron chi connectivity index (χ3n) is 5.18. The molecule has 0 saturated carbocycles. The van der Waals surface area contributed by atoms with Gasteiger partial charge in [0, 0.05) is 31.7 Å². The van der Waals surface area contributed by atoms with Crippen LogP contribution in [0.25, 0.3) is 0 Å². The highest BCUT2D eigenvalue weighted by Crippen LogP contribution is 2.34. The molecule has 0 aromatic heterocycles. The van der Waals surface area contributed by atoms with Gasteiger partial charge in [-0.2, -0.15) is 0 Å². The minimum atomic E-state index is -0.528. The summed E-state index contributed by atoms with van der Waals surface area (Å²) in [6.07, 6.45) is -0.528. The summed E-state index contributed by atoms with van der Waals surface area (Å²) < 4.78 is 16.5. The van der Waals surface area contributed by atoms with Crippen molar-refractivity contribution in [2.24, 2.45) is 0 Å². The Labute approximate surface area is 147 Å². The van der Waals surface area contributed by atoms with Crippen LogP contribution in [0.15, 0.2) is 12.1 Å². The SMILES string of the molecule is Cc1cc2c(cc1C(=O)N1CC(O)C(N3CCOCC3)C1)OCCO2. The fraction of sp³-hybridized carbons (Fsp3) is 0.611. The summed E-state index contributed by atoms with van der Waals surface area (Å²) in [4.78, 5) is 17.0. The molecule has 3 heterocycles. The van der Waals surface area contributed by atoms with Gasteiger partial charge < -0.3 is 24.2 Å². The first kappa shape index (κ1) is 16.6. The average molecular weight is 348 g/mol. The van der Waals surface area contributed by atoms with Crippen molar-refractivity contribution in [2.45, 2.75) is 19.1 Å². The van der Waals surface area contributed by atoms with Crippen LogP contribution in [0.3, 0.4) is 0 Å². The predicted octanol–water partition coefficient (Wildman–Crippen LogP) is 0.284. The molecule has 3 aliphatic rings. The number of hydrogen-bond donors (Lipinski definition) is 1. The van der Waals surface area contributed by atoms with E-state index in [1.165, 1.54) is 0 Å². The van der Waals surface area contributed by atoms with Gasteiger partial charge in [-0.25, -0.2) is 0 Å². The molecule has 2 saturated heterocycles. The normalized spacial score (nSPS) is 26.7. The number of aliphatic hydroxyl groups excluding tert-OH is 1. The van der Waals surface area contributed by atoms with E-state index in [0.717, 1.165) is 18.7 Å². The molecule has 2 unspecified atom stereocenters. The number of carbonyl (C=O) groups excluding carboxylic acids is 1. The van der Waals surface area contributed by atoms with E-state index >= 15 is 0 Å². The Morgan fingerprint density at radius 3 is 2.48 bits per heavy atom. The van der Waals surface area contributed by atoms with Crippen LogP contribution in [0.4, 0.5) is 0 Å². The van der Waals surface area contributed by atoms with Crippen molar-refractivity contribution in [3.63, 3.8) is 0 Å². The number of rotatable bonds is 2. The summed E-state index contributed by atoms with van der Waals surface area (Å²) in [5.41, 5.74) is 1.47. The molecule has 7 heteroatoms. The number of morpholine rings is 1. The molecule has 2 atom stereocenters. The van der Waals surface area contributed by atoms with Crippen LogP contribution in [-0.4, -0.2) is 85.6 Å². The maximum atomic E-state index is 13.0. The van der Waals surface area contributed by atoms with Gasteiger partial charge in [0.05, 0.1) is 25.4 Å². The second kappa shape index (κ2) is 6.82. The van der Waals surface area contributed by atoms with Gasteiger partial charge in [-0.1, -0.05) is 0 Å². The lowest BCUT2D eigenvalue weighted by Gasteiger charge is -2.33. The number of aryl methyl sites for hydroxylation is 1. The molecule has 25 heavy (non-hydrogen) atoms. The fourth-order valence-electron chi connectivity index (χ4n) is 3.79. The zero-order chi connectivity index (χ0) is 17.4. The second-order valence-corrected chi connectivity index (χ2v) is 6.80. The van der Waals surface area contributed by atoms with E-state index in [1.807, 2.05) is 13.0 Å². The number of hydrogen-bond acceptors (Lipinski definition) is 6. The number of aliphatic hydroxyl groups is 1. The molecule has 1 N–H and O–H groups in total. The van der Waals surface area contributed by atoms with Crippen LogP contribution in [0.5, 0.6) is 11.5 Å². The Kier molecular flexibility index (Phi) is 4.54. The van der Waals surface area contributed by atoms with Gasteiger partial charge in [-0.3, -0.25) is 9.69 Å². The number of amides is 1. The summed E-state index contributed by atoms with van der Waals surface area (Å²) in [6, 6.07) is 3.60. The highest BCUT2D eigenvalue weighted by molar-refractivity contribution is 5.96. The van der Waals surface area contributed by atoms with Gasteiger partial charge in [-0.05, 0) is 24.6 Å². The number of carbonyl (C=O) groups is 1. The number of β-amino-alcohol motifs (C(OH)–C–C–N with tert-alkyl or cyclic N) is 1. The molecule has 0 bridgehead atoms. The summed E-state index contributed by atoms with van der Waals surface area (Å²) in [5, 5.41) is 10.4. The first-order valence-corrected chi connectivity index (χ1v) is 8.83. The Bertz CT molecular complexity index is 659. The first-order valence-electron chi connectivity index (χ1n) is 8.83. The fourth-order valence-corrected chi connectivity index (χ4v) is 3.79. The number of likely N-dealkylation sites (tertiary alicyclic amines) is 1. The molecule has 1 aromatic carbocycles. The van der Waals surface area contributed by atoms with Gasteiger partial charge in [0.2, 0.25) is 0 Å². The Balaban J connectivity index is 1.51. The van der Waals surface area contributed by atoms with Crippen molar-refractivity contribution in [1.29, 1.82) is 0 Å². The van der Waals surface area contributed by atoms with E-state index in [9.17, 15) is 9.90 Å². The van der Waals surface area contributed by atoms with E-state index < -0.39 is 6.10 Å². The second-order valence-electron chi connectivity index (χ2n) is 6.80. The first-order chi connectivity index (χ1) is 12.1. The van der Waals surface area contributed by atoms with E-state index in [-0.39, 0.29) is 11.9 Å². The van der Waals surface area contributed by atoms with Crippen LogP contribution >= 0.6 is 0 Å². The minimum absolute atomic E-state index is 0.0228. The van der Waals surface area contributed by atoms with Crippen LogP contribution < -0.4 is 9.47 Å². The molecular formula is C18H24N2O5. The van der Waals surface area contributed by atoms with Crippen molar-refractivity contribution in [3.8, 4) is 11.5 Å². The van der Waals surface area contributed by atoms with E-state index in [1.54, 1.807) is 11.0 Å². The summed E-state index contributed by atoms with van der Waals surface area (Å²) in [7, 11) is 0. The van der Waals surface area contributed by atoms with Gasteiger partial charge in [0.15, 0.2) is 11.5 Å².